The maximum Gasteiger partial charge on any atom is 0.306 e. The maximum atomic E-state index is 11.2. The lowest BCUT2D eigenvalue weighted by Gasteiger charge is -2.06. The first-order valence-corrected chi connectivity index (χ1v) is 13.4. The van der Waals surface area contributed by atoms with Crippen molar-refractivity contribution in [2.45, 2.75) is 0 Å². The van der Waals surface area contributed by atoms with Gasteiger partial charge in [-0.15, -0.1) is 0 Å². The minimum atomic E-state index is -3.73. The van der Waals surface area contributed by atoms with Gasteiger partial charge < -0.3 is 18.6 Å². The Kier molecular flexibility index (Phi) is 7.33. The molecule has 0 amide bonds. The summed E-state index contributed by atoms with van der Waals surface area (Å²) < 4.78 is 54.1. The number of phenols is 2. The van der Waals surface area contributed by atoms with Gasteiger partial charge >= 0.3 is 20.2 Å². The van der Waals surface area contributed by atoms with E-state index in [-0.39, 0.29) is 23.0 Å². The molecule has 3 aromatic carbocycles. The van der Waals surface area contributed by atoms with E-state index in [1.807, 2.05) is 36.4 Å². The van der Waals surface area contributed by atoms with Crippen LogP contribution in [-0.4, -0.2) is 39.6 Å². The van der Waals surface area contributed by atoms with E-state index in [2.05, 4.69) is 0 Å². The van der Waals surface area contributed by atoms with Crippen LogP contribution in [-0.2, 0) is 20.2 Å². The van der Waals surface area contributed by atoms with Gasteiger partial charge in [0.2, 0.25) is 0 Å². The van der Waals surface area contributed by atoms with Crippen molar-refractivity contribution >= 4 is 44.5 Å². The topological polar surface area (TPSA) is 127 Å². The maximum absolute atomic E-state index is 11.2. The van der Waals surface area contributed by atoms with E-state index in [0.29, 0.717) is 11.1 Å². The molecule has 0 bridgehead atoms. The van der Waals surface area contributed by atoms with E-state index in [4.69, 9.17) is 8.37 Å². The van der Waals surface area contributed by atoms with Gasteiger partial charge in [0, 0.05) is 0 Å². The molecule has 0 unspecified atom stereocenters. The molecule has 0 atom stereocenters. The van der Waals surface area contributed by atoms with Crippen LogP contribution >= 0.6 is 0 Å². The Labute approximate surface area is 198 Å². The molecule has 34 heavy (non-hydrogen) atoms. The van der Waals surface area contributed by atoms with E-state index in [0.717, 1.165) is 23.6 Å². The molecule has 0 saturated carbocycles. The molecule has 0 aromatic heterocycles. The third-order valence-electron chi connectivity index (χ3n) is 4.32. The Hall–Kier alpha value is -3.76. The summed E-state index contributed by atoms with van der Waals surface area (Å²) in [4.78, 5) is 0. The van der Waals surface area contributed by atoms with Crippen molar-refractivity contribution in [1.29, 1.82) is 0 Å². The van der Waals surface area contributed by atoms with Crippen molar-refractivity contribution in [2.24, 2.45) is 0 Å². The van der Waals surface area contributed by atoms with Gasteiger partial charge in [-0.2, -0.15) is 16.8 Å². The van der Waals surface area contributed by atoms with E-state index in [1.165, 1.54) is 24.3 Å². The quantitative estimate of drug-likeness (QED) is 0.348. The molecule has 10 heteroatoms. The Balaban J connectivity index is 1.66. The minimum absolute atomic E-state index is 0.137. The Morgan fingerprint density at radius 3 is 1.15 bits per heavy atom. The van der Waals surface area contributed by atoms with Crippen LogP contribution in [0.2, 0.25) is 0 Å². The molecule has 0 aliphatic heterocycles. The first-order valence-electron chi connectivity index (χ1n) is 9.79. The summed E-state index contributed by atoms with van der Waals surface area (Å²) in [6.45, 7) is 0. The molecule has 0 heterocycles. The molecule has 2 N–H and O–H groups in total. The molecule has 0 spiro atoms. The lowest BCUT2D eigenvalue weighted by molar-refractivity contribution is 0.430. The number of benzene rings is 3. The second kappa shape index (κ2) is 10.0. The van der Waals surface area contributed by atoms with Gasteiger partial charge in [-0.05, 0) is 46.5 Å². The van der Waals surface area contributed by atoms with Crippen molar-refractivity contribution < 1.29 is 35.4 Å². The molecule has 8 nitrogen and oxygen atoms in total. The van der Waals surface area contributed by atoms with Gasteiger partial charge in [-0.25, -0.2) is 0 Å². The molecule has 178 valence electrons. The largest absolute Gasteiger partial charge is 0.504 e. The predicted octanol–water partition coefficient (Wildman–Crippen LogP) is 4.12. The highest BCUT2D eigenvalue weighted by atomic mass is 32.2. The molecule has 0 aliphatic carbocycles. The first-order chi connectivity index (χ1) is 15.9. The van der Waals surface area contributed by atoms with Gasteiger partial charge in [0.1, 0.15) is 0 Å². The highest BCUT2D eigenvalue weighted by molar-refractivity contribution is 7.86. The van der Waals surface area contributed by atoms with Crippen LogP contribution in [0.4, 0.5) is 0 Å². The number of rotatable bonds is 8. The van der Waals surface area contributed by atoms with Crippen LogP contribution in [0, 0.1) is 0 Å². The van der Waals surface area contributed by atoms with Gasteiger partial charge in [-0.3, -0.25) is 0 Å². The molecular formula is C24H22O8S2. The Bertz CT molecular complexity index is 1340. The third kappa shape index (κ3) is 7.68. The monoisotopic (exact) mass is 502 g/mol. The van der Waals surface area contributed by atoms with Crippen molar-refractivity contribution in [3.05, 3.63) is 82.9 Å². The lowest BCUT2D eigenvalue weighted by Crippen LogP contribution is -2.05. The van der Waals surface area contributed by atoms with Crippen LogP contribution in [0.25, 0.3) is 24.3 Å². The molecule has 3 aromatic rings. The average molecular weight is 503 g/mol. The van der Waals surface area contributed by atoms with E-state index < -0.39 is 20.2 Å². The molecule has 0 radical (unpaired) electrons. The second-order valence-electron chi connectivity index (χ2n) is 7.36. The van der Waals surface area contributed by atoms with Crippen molar-refractivity contribution in [2.75, 3.05) is 12.5 Å². The SMILES string of the molecule is CS(=O)(=O)Oc1ccc(/C=C/c2ccc(/C=C/c3ccc(OS(C)(=O)=O)c(O)c3)cc2)cc1O. The van der Waals surface area contributed by atoms with Crippen LogP contribution in [0.1, 0.15) is 22.3 Å². The van der Waals surface area contributed by atoms with Crippen LogP contribution < -0.4 is 8.37 Å². The van der Waals surface area contributed by atoms with Gasteiger partial charge in [0.05, 0.1) is 12.5 Å². The smallest absolute Gasteiger partial charge is 0.306 e. The average Bonchev–Trinajstić information content (AvgIpc) is 2.73. The molecule has 0 fully saturated rings. The zero-order chi connectivity index (χ0) is 24.9. The van der Waals surface area contributed by atoms with Gasteiger partial charge in [-0.1, -0.05) is 60.7 Å². The summed E-state index contributed by atoms with van der Waals surface area (Å²) in [5, 5.41) is 19.9. The normalized spacial score (nSPS) is 12.3. The van der Waals surface area contributed by atoms with E-state index in [9.17, 15) is 27.0 Å². The molecular weight excluding hydrogens is 480 g/mol. The summed E-state index contributed by atoms with van der Waals surface area (Å²) in [6.07, 6.45) is 8.98. The third-order valence-corrected chi connectivity index (χ3v) is 5.29. The Morgan fingerprint density at radius 1 is 0.559 bits per heavy atom. The number of hydrogen-bond donors (Lipinski definition) is 2. The van der Waals surface area contributed by atoms with Crippen LogP contribution in [0.3, 0.4) is 0 Å². The van der Waals surface area contributed by atoms with Crippen molar-refractivity contribution in [3.8, 4) is 23.0 Å². The van der Waals surface area contributed by atoms with Crippen molar-refractivity contribution in [1.82, 2.24) is 0 Å². The summed E-state index contributed by atoms with van der Waals surface area (Å²) in [5.74, 6) is -0.839. The molecule has 0 aliphatic rings. The Morgan fingerprint density at radius 2 is 0.853 bits per heavy atom. The fourth-order valence-electron chi connectivity index (χ4n) is 2.85. The first kappa shape index (κ1) is 24.9. The van der Waals surface area contributed by atoms with Gasteiger partial charge in [0.25, 0.3) is 0 Å². The summed E-state index contributed by atoms with van der Waals surface area (Å²) in [6, 6.07) is 16.3. The zero-order valence-corrected chi connectivity index (χ0v) is 19.9. The fourth-order valence-corrected chi connectivity index (χ4v) is 3.78. The van der Waals surface area contributed by atoms with Gasteiger partial charge in [0.15, 0.2) is 23.0 Å². The summed E-state index contributed by atoms with van der Waals surface area (Å²) in [5.41, 5.74) is 3.11. The van der Waals surface area contributed by atoms with Crippen LogP contribution in [0.15, 0.2) is 60.7 Å². The molecule has 0 saturated heterocycles. The standard InChI is InChI=1S/C24H22O8S2/c1-33(27,28)31-23-13-11-19(15-21(23)25)9-7-17-3-5-18(6-4-17)8-10-20-12-14-24(22(26)16-20)32-34(2,29)30/h3-16,25-26H,1-2H3/b9-7+,10-8+. The summed E-state index contributed by atoms with van der Waals surface area (Å²) >= 11 is 0. The number of aromatic hydroxyl groups is 2. The predicted molar refractivity (Wildman–Crippen MR) is 131 cm³/mol. The highest BCUT2D eigenvalue weighted by Gasteiger charge is 2.10. The number of phenolic OH excluding ortho intramolecular Hbond substituents is 2. The number of hydrogen-bond acceptors (Lipinski definition) is 8. The van der Waals surface area contributed by atoms with Crippen LogP contribution in [0.5, 0.6) is 23.0 Å². The van der Waals surface area contributed by atoms with Crippen molar-refractivity contribution in [3.63, 3.8) is 0 Å². The second-order valence-corrected chi connectivity index (χ2v) is 10.5. The summed E-state index contributed by atoms with van der Waals surface area (Å²) in [7, 11) is -7.46. The van der Waals surface area contributed by atoms with E-state index in [1.54, 1.807) is 24.3 Å². The minimum Gasteiger partial charge on any atom is -0.504 e. The molecule has 3 rings (SSSR count). The zero-order valence-electron chi connectivity index (χ0n) is 18.2. The highest BCUT2D eigenvalue weighted by Crippen LogP contribution is 2.29. The lowest BCUT2D eigenvalue weighted by atomic mass is 10.1. The van der Waals surface area contributed by atoms with E-state index >= 15 is 0 Å². The fraction of sp³-hybridized carbons (Fsp3) is 0.0833.